The van der Waals surface area contributed by atoms with Gasteiger partial charge in [0.2, 0.25) is 10.0 Å². The van der Waals surface area contributed by atoms with Crippen LogP contribution in [0.4, 0.5) is 0 Å². The van der Waals surface area contributed by atoms with E-state index in [2.05, 4.69) is 18.7 Å². The summed E-state index contributed by atoms with van der Waals surface area (Å²) in [6.45, 7) is 8.25. The number of hydrogen-bond donors (Lipinski definition) is 0. The Kier molecular flexibility index (Phi) is 10.5. The molecule has 0 bridgehead atoms. The molecule has 31 heavy (non-hydrogen) atoms. The second-order valence-corrected chi connectivity index (χ2v) is 10.1. The predicted octanol–water partition coefficient (Wildman–Crippen LogP) is 4.90. The number of ether oxygens (including phenoxy) is 2. The maximum absolute atomic E-state index is 13.4. The minimum atomic E-state index is -3.74. The van der Waals surface area contributed by atoms with Crippen molar-refractivity contribution in [1.29, 1.82) is 0 Å². The van der Waals surface area contributed by atoms with Gasteiger partial charge in [-0.1, -0.05) is 53.6 Å². The third-order valence-electron chi connectivity index (χ3n) is 4.59. The first-order valence-electron chi connectivity index (χ1n) is 9.99. The molecule has 0 N–H and O–H groups in total. The smallest absolute Gasteiger partial charge is 0.243 e. The van der Waals surface area contributed by atoms with Gasteiger partial charge in [-0.2, -0.15) is 4.31 Å². The van der Waals surface area contributed by atoms with Crippen LogP contribution >= 0.6 is 11.8 Å². The summed E-state index contributed by atoms with van der Waals surface area (Å²) >= 11 is 1.72. The number of sulfonamides is 1. The number of rotatable bonds is 13. The average Bonchev–Trinajstić information content (AvgIpc) is 2.77. The van der Waals surface area contributed by atoms with Gasteiger partial charge >= 0.3 is 0 Å². The molecule has 0 saturated carbocycles. The number of benzene rings is 2. The van der Waals surface area contributed by atoms with Gasteiger partial charge in [0.05, 0.1) is 17.5 Å². The molecule has 0 unspecified atom stereocenters. The van der Waals surface area contributed by atoms with Crippen LogP contribution in [0.5, 0.6) is 0 Å². The van der Waals surface area contributed by atoms with Gasteiger partial charge < -0.3 is 9.47 Å². The van der Waals surface area contributed by atoms with E-state index >= 15 is 0 Å². The second-order valence-electron chi connectivity index (χ2n) is 7.12. The molecular weight excluding hydrogens is 430 g/mol. The maximum atomic E-state index is 13.4. The summed E-state index contributed by atoms with van der Waals surface area (Å²) in [5.74, 6) is 0.779. The average molecular weight is 462 g/mol. The lowest BCUT2D eigenvalue weighted by Crippen LogP contribution is -2.42. The third kappa shape index (κ3) is 7.94. The molecular formula is C24H31NO4S2. The lowest BCUT2D eigenvalue weighted by Gasteiger charge is -2.28. The van der Waals surface area contributed by atoms with Gasteiger partial charge in [0, 0.05) is 24.3 Å². The Morgan fingerprint density at radius 3 is 2.45 bits per heavy atom. The summed E-state index contributed by atoms with van der Waals surface area (Å²) in [6, 6.07) is 16.5. The van der Waals surface area contributed by atoms with Gasteiger partial charge in [-0.25, -0.2) is 8.42 Å². The molecule has 2 aromatic carbocycles. The first kappa shape index (κ1) is 25.4. The quantitative estimate of drug-likeness (QED) is 0.184. The highest BCUT2D eigenvalue weighted by Crippen LogP contribution is 2.22. The molecule has 0 amide bonds. The minimum absolute atomic E-state index is 0.0886. The summed E-state index contributed by atoms with van der Waals surface area (Å²) in [6.07, 6.45) is 3.55. The molecule has 0 heterocycles. The third-order valence-corrected chi connectivity index (χ3v) is 7.70. The molecule has 0 fully saturated rings. The zero-order valence-electron chi connectivity index (χ0n) is 18.4. The minimum Gasteiger partial charge on any atom is -0.359 e. The standard InChI is InChI=1S/C24H31NO4S2/c1-5-22(17-29-19-28-4)25(31(26,27)24-13-11-20(2)12-14-24)16-15-21(3)18-30-23-9-7-6-8-10-23/h5-15,22H,1,16-19H2,2-4H3/b21-15+/t22-/m0/s1. The largest absolute Gasteiger partial charge is 0.359 e. The lowest BCUT2D eigenvalue weighted by atomic mass is 10.2. The summed E-state index contributed by atoms with van der Waals surface area (Å²) < 4.78 is 38.7. The molecule has 1 atom stereocenters. The molecule has 168 valence electrons. The van der Waals surface area contributed by atoms with Crippen LogP contribution in [0.15, 0.2) is 88.7 Å². The molecule has 2 rings (SSSR count). The van der Waals surface area contributed by atoms with Crippen molar-refractivity contribution in [3.63, 3.8) is 0 Å². The summed E-state index contributed by atoms with van der Waals surface area (Å²) in [4.78, 5) is 1.43. The fourth-order valence-corrected chi connectivity index (χ4v) is 5.18. The number of thioether (sulfide) groups is 1. The van der Waals surface area contributed by atoms with Crippen LogP contribution in [0.1, 0.15) is 12.5 Å². The van der Waals surface area contributed by atoms with E-state index in [0.29, 0.717) is 0 Å². The van der Waals surface area contributed by atoms with Gasteiger partial charge in [-0.05, 0) is 38.1 Å². The van der Waals surface area contributed by atoms with Crippen LogP contribution in [0.3, 0.4) is 0 Å². The van der Waals surface area contributed by atoms with Gasteiger partial charge in [-0.3, -0.25) is 0 Å². The van der Waals surface area contributed by atoms with Crippen LogP contribution in [0.2, 0.25) is 0 Å². The van der Waals surface area contributed by atoms with Crippen molar-refractivity contribution < 1.29 is 17.9 Å². The zero-order chi connectivity index (χ0) is 22.7. The van der Waals surface area contributed by atoms with Crippen LogP contribution in [0, 0.1) is 6.92 Å². The number of hydrogen-bond acceptors (Lipinski definition) is 5. The summed E-state index contributed by atoms with van der Waals surface area (Å²) in [5.41, 5.74) is 2.10. The monoisotopic (exact) mass is 461 g/mol. The van der Waals surface area contributed by atoms with Crippen LogP contribution < -0.4 is 0 Å². The van der Waals surface area contributed by atoms with Crippen molar-refractivity contribution in [2.24, 2.45) is 0 Å². The molecule has 0 aromatic heterocycles. The van der Waals surface area contributed by atoms with Crippen LogP contribution in [-0.4, -0.2) is 51.6 Å². The number of aryl methyl sites for hydroxylation is 1. The van der Waals surface area contributed by atoms with E-state index in [1.807, 2.05) is 38.1 Å². The number of methoxy groups -OCH3 is 1. The van der Waals surface area contributed by atoms with E-state index < -0.39 is 16.1 Å². The Labute approximate surface area is 190 Å². The molecule has 7 heteroatoms. The SMILES string of the molecule is C=C[C@@H](COCOC)N(C/C=C(\C)CSc1ccccc1)S(=O)(=O)c1ccc(C)cc1. The summed E-state index contributed by atoms with van der Waals surface area (Å²) in [7, 11) is -2.21. The fourth-order valence-electron chi connectivity index (χ4n) is 2.80. The highest BCUT2D eigenvalue weighted by atomic mass is 32.2. The second kappa shape index (κ2) is 12.8. The van der Waals surface area contributed by atoms with Crippen molar-refractivity contribution in [1.82, 2.24) is 4.31 Å². The van der Waals surface area contributed by atoms with Gasteiger partial charge in [0.15, 0.2) is 0 Å². The van der Waals surface area contributed by atoms with E-state index in [9.17, 15) is 8.42 Å². The van der Waals surface area contributed by atoms with E-state index in [1.54, 1.807) is 42.1 Å². The van der Waals surface area contributed by atoms with Crippen molar-refractivity contribution in [3.8, 4) is 0 Å². The Hall–Kier alpha value is -1.90. The van der Waals surface area contributed by atoms with Gasteiger partial charge in [0.25, 0.3) is 0 Å². The van der Waals surface area contributed by atoms with Crippen molar-refractivity contribution >= 4 is 21.8 Å². The Bertz CT molecular complexity index is 941. The maximum Gasteiger partial charge on any atom is 0.243 e. The summed E-state index contributed by atoms with van der Waals surface area (Å²) in [5, 5.41) is 0. The van der Waals surface area contributed by atoms with Crippen molar-refractivity contribution in [2.75, 3.05) is 32.8 Å². The molecule has 0 aliphatic rings. The normalized spacial score (nSPS) is 13.4. The molecule has 5 nitrogen and oxygen atoms in total. The number of nitrogens with zero attached hydrogens (tertiary/aromatic N) is 1. The van der Waals surface area contributed by atoms with Crippen molar-refractivity contribution in [3.05, 3.63) is 84.5 Å². The molecule has 0 spiro atoms. The Morgan fingerprint density at radius 2 is 1.84 bits per heavy atom. The molecule has 2 aromatic rings. The highest BCUT2D eigenvalue weighted by molar-refractivity contribution is 7.99. The lowest BCUT2D eigenvalue weighted by molar-refractivity contribution is -0.0390. The topological polar surface area (TPSA) is 55.8 Å². The molecule has 0 saturated heterocycles. The van der Waals surface area contributed by atoms with Gasteiger partial charge in [0.1, 0.15) is 6.79 Å². The van der Waals surface area contributed by atoms with E-state index in [1.165, 1.54) is 16.3 Å². The molecule has 0 aliphatic carbocycles. The van der Waals surface area contributed by atoms with Crippen LogP contribution in [0.25, 0.3) is 0 Å². The van der Waals surface area contributed by atoms with Crippen LogP contribution in [-0.2, 0) is 19.5 Å². The predicted molar refractivity (Wildman–Crippen MR) is 128 cm³/mol. The molecule has 0 radical (unpaired) electrons. The first-order chi connectivity index (χ1) is 14.9. The van der Waals surface area contributed by atoms with E-state index in [4.69, 9.17) is 9.47 Å². The zero-order valence-corrected chi connectivity index (χ0v) is 20.0. The van der Waals surface area contributed by atoms with E-state index in [-0.39, 0.29) is 24.8 Å². The fraction of sp³-hybridized carbons (Fsp3) is 0.333. The Balaban J connectivity index is 2.21. The first-order valence-corrected chi connectivity index (χ1v) is 12.4. The molecule has 0 aliphatic heterocycles. The van der Waals surface area contributed by atoms with Crippen molar-refractivity contribution in [2.45, 2.75) is 29.7 Å². The highest BCUT2D eigenvalue weighted by Gasteiger charge is 2.29. The Morgan fingerprint density at radius 1 is 1.16 bits per heavy atom. The van der Waals surface area contributed by atoms with Gasteiger partial charge in [-0.15, -0.1) is 18.3 Å². The van der Waals surface area contributed by atoms with E-state index in [0.717, 1.165) is 16.9 Å².